The summed E-state index contributed by atoms with van der Waals surface area (Å²) in [4.78, 5) is 3.64. The SMILES string of the molecule is Cc1ccc(S(=O)(=O)c2cc[nH]c2-c2ccccc2)cc1. The van der Waals surface area contributed by atoms with Gasteiger partial charge in [-0.25, -0.2) is 8.42 Å². The van der Waals surface area contributed by atoms with Crippen molar-refractivity contribution in [2.75, 3.05) is 0 Å². The molecule has 0 aliphatic carbocycles. The van der Waals surface area contributed by atoms with E-state index in [9.17, 15) is 8.42 Å². The highest BCUT2D eigenvalue weighted by atomic mass is 32.2. The van der Waals surface area contributed by atoms with Crippen LogP contribution in [0.15, 0.2) is 76.7 Å². The fraction of sp³-hybridized carbons (Fsp3) is 0.0588. The molecule has 0 unspecified atom stereocenters. The van der Waals surface area contributed by atoms with Crippen molar-refractivity contribution in [2.45, 2.75) is 16.7 Å². The van der Waals surface area contributed by atoms with E-state index in [1.165, 1.54) is 0 Å². The average molecular weight is 297 g/mol. The maximum Gasteiger partial charge on any atom is 0.208 e. The first-order valence-corrected chi connectivity index (χ1v) is 8.12. The summed E-state index contributed by atoms with van der Waals surface area (Å²) in [6, 6.07) is 18.0. The molecule has 3 nitrogen and oxygen atoms in total. The molecule has 0 aliphatic heterocycles. The van der Waals surface area contributed by atoms with E-state index in [1.54, 1.807) is 24.4 Å². The molecule has 0 fully saturated rings. The van der Waals surface area contributed by atoms with Crippen LogP contribution in [0.5, 0.6) is 0 Å². The van der Waals surface area contributed by atoms with Crippen LogP contribution in [0.4, 0.5) is 0 Å². The molecule has 0 atom stereocenters. The lowest BCUT2D eigenvalue weighted by atomic mass is 10.2. The molecule has 0 saturated heterocycles. The number of H-pyrrole nitrogens is 1. The molecule has 0 amide bonds. The third-order valence-corrected chi connectivity index (χ3v) is 5.20. The van der Waals surface area contributed by atoms with Gasteiger partial charge in [-0.15, -0.1) is 0 Å². The summed E-state index contributed by atoms with van der Waals surface area (Å²) in [5, 5.41) is 0. The van der Waals surface area contributed by atoms with Crippen LogP contribution in [0.25, 0.3) is 11.3 Å². The molecule has 1 heterocycles. The number of nitrogens with one attached hydrogen (secondary N) is 1. The van der Waals surface area contributed by atoms with Gasteiger partial charge in [-0.1, -0.05) is 48.0 Å². The number of rotatable bonds is 3. The Balaban J connectivity index is 2.13. The zero-order chi connectivity index (χ0) is 14.9. The minimum absolute atomic E-state index is 0.303. The van der Waals surface area contributed by atoms with Crippen LogP contribution in [0.3, 0.4) is 0 Å². The minimum Gasteiger partial charge on any atom is -0.360 e. The summed E-state index contributed by atoms with van der Waals surface area (Å²) < 4.78 is 25.6. The molecule has 4 heteroatoms. The van der Waals surface area contributed by atoms with Crippen molar-refractivity contribution in [3.8, 4) is 11.3 Å². The Hall–Kier alpha value is -2.33. The van der Waals surface area contributed by atoms with Crippen molar-refractivity contribution in [2.24, 2.45) is 0 Å². The van der Waals surface area contributed by atoms with Crippen molar-refractivity contribution < 1.29 is 8.42 Å². The third-order valence-electron chi connectivity index (χ3n) is 3.39. The highest BCUT2D eigenvalue weighted by Crippen LogP contribution is 2.30. The molecule has 21 heavy (non-hydrogen) atoms. The van der Waals surface area contributed by atoms with Gasteiger partial charge in [-0.05, 0) is 30.7 Å². The van der Waals surface area contributed by atoms with Crippen LogP contribution in [0.2, 0.25) is 0 Å². The van der Waals surface area contributed by atoms with Crippen LogP contribution in [0, 0.1) is 6.92 Å². The first-order chi connectivity index (χ1) is 10.1. The zero-order valence-electron chi connectivity index (χ0n) is 11.6. The number of benzene rings is 2. The topological polar surface area (TPSA) is 49.9 Å². The lowest BCUT2D eigenvalue weighted by Crippen LogP contribution is -2.02. The third kappa shape index (κ3) is 2.50. The van der Waals surface area contributed by atoms with E-state index in [2.05, 4.69) is 4.98 Å². The normalized spacial score (nSPS) is 11.5. The molecule has 0 bridgehead atoms. The van der Waals surface area contributed by atoms with Gasteiger partial charge >= 0.3 is 0 Å². The summed E-state index contributed by atoms with van der Waals surface area (Å²) >= 11 is 0. The van der Waals surface area contributed by atoms with E-state index < -0.39 is 9.84 Å². The van der Waals surface area contributed by atoms with Gasteiger partial charge < -0.3 is 4.98 Å². The molecule has 1 N–H and O–H groups in total. The van der Waals surface area contributed by atoms with E-state index in [-0.39, 0.29) is 0 Å². The second kappa shape index (κ2) is 5.22. The molecular weight excluding hydrogens is 282 g/mol. The second-order valence-corrected chi connectivity index (χ2v) is 6.82. The van der Waals surface area contributed by atoms with E-state index in [1.807, 2.05) is 49.4 Å². The van der Waals surface area contributed by atoms with Gasteiger partial charge in [0.15, 0.2) is 0 Å². The summed E-state index contributed by atoms with van der Waals surface area (Å²) in [6.07, 6.45) is 1.66. The van der Waals surface area contributed by atoms with E-state index in [0.29, 0.717) is 15.5 Å². The lowest BCUT2D eigenvalue weighted by Gasteiger charge is -2.07. The quantitative estimate of drug-likeness (QED) is 0.799. The Bertz CT molecular complexity index is 847. The number of aryl methyl sites for hydroxylation is 1. The molecule has 3 rings (SSSR count). The van der Waals surface area contributed by atoms with Crippen molar-refractivity contribution in [1.29, 1.82) is 0 Å². The fourth-order valence-electron chi connectivity index (χ4n) is 2.25. The Labute approximate surface area is 124 Å². The molecule has 106 valence electrons. The number of hydrogen-bond donors (Lipinski definition) is 1. The second-order valence-electron chi connectivity index (χ2n) is 4.90. The highest BCUT2D eigenvalue weighted by Gasteiger charge is 2.22. The maximum absolute atomic E-state index is 12.8. The van der Waals surface area contributed by atoms with Gasteiger partial charge in [0.25, 0.3) is 0 Å². The molecule has 0 spiro atoms. The van der Waals surface area contributed by atoms with E-state index in [4.69, 9.17) is 0 Å². The largest absolute Gasteiger partial charge is 0.360 e. The summed E-state index contributed by atoms with van der Waals surface area (Å²) in [5.41, 5.74) is 2.51. The van der Waals surface area contributed by atoms with Gasteiger partial charge in [-0.3, -0.25) is 0 Å². The van der Waals surface area contributed by atoms with Gasteiger partial charge in [0.2, 0.25) is 9.84 Å². The number of hydrogen-bond acceptors (Lipinski definition) is 2. The monoisotopic (exact) mass is 297 g/mol. The van der Waals surface area contributed by atoms with Gasteiger partial charge in [0.1, 0.15) is 0 Å². The Morgan fingerprint density at radius 3 is 2.19 bits per heavy atom. The summed E-state index contributed by atoms with van der Waals surface area (Å²) in [6.45, 7) is 1.93. The van der Waals surface area contributed by atoms with Crippen molar-refractivity contribution >= 4 is 9.84 Å². The Kier molecular flexibility index (Phi) is 3.39. The fourth-order valence-corrected chi connectivity index (χ4v) is 3.69. The molecule has 1 aromatic heterocycles. The minimum atomic E-state index is -3.52. The first-order valence-electron chi connectivity index (χ1n) is 6.63. The van der Waals surface area contributed by atoms with Gasteiger partial charge in [-0.2, -0.15) is 0 Å². The molecule has 0 aliphatic rings. The Morgan fingerprint density at radius 1 is 0.857 bits per heavy atom. The van der Waals surface area contributed by atoms with Crippen LogP contribution < -0.4 is 0 Å². The molecule has 3 aromatic rings. The van der Waals surface area contributed by atoms with Gasteiger partial charge in [0, 0.05) is 6.20 Å². The highest BCUT2D eigenvalue weighted by molar-refractivity contribution is 7.91. The van der Waals surface area contributed by atoms with Crippen molar-refractivity contribution in [1.82, 2.24) is 4.98 Å². The predicted molar refractivity (Wildman–Crippen MR) is 82.9 cm³/mol. The van der Waals surface area contributed by atoms with Crippen LogP contribution >= 0.6 is 0 Å². The standard InChI is InChI=1S/C17H15NO2S/c1-13-7-9-15(10-8-13)21(19,20)16-11-12-18-17(16)14-5-3-2-4-6-14/h2-12,18H,1H3. The summed E-state index contributed by atoms with van der Waals surface area (Å²) in [7, 11) is -3.52. The van der Waals surface area contributed by atoms with E-state index in [0.717, 1.165) is 11.1 Å². The zero-order valence-corrected chi connectivity index (χ0v) is 12.4. The van der Waals surface area contributed by atoms with Crippen molar-refractivity contribution in [3.05, 3.63) is 72.4 Å². The van der Waals surface area contributed by atoms with Crippen LogP contribution in [0.1, 0.15) is 5.56 Å². The molecule has 0 saturated carbocycles. The molecule has 2 aromatic carbocycles. The average Bonchev–Trinajstić information content (AvgIpc) is 2.99. The van der Waals surface area contributed by atoms with E-state index >= 15 is 0 Å². The lowest BCUT2D eigenvalue weighted by molar-refractivity contribution is 0.596. The number of aromatic amines is 1. The first kappa shape index (κ1) is 13.6. The smallest absolute Gasteiger partial charge is 0.208 e. The molecule has 0 radical (unpaired) electrons. The van der Waals surface area contributed by atoms with Gasteiger partial charge in [0.05, 0.1) is 15.5 Å². The number of sulfone groups is 1. The Morgan fingerprint density at radius 2 is 1.52 bits per heavy atom. The van der Waals surface area contributed by atoms with Crippen LogP contribution in [-0.2, 0) is 9.84 Å². The van der Waals surface area contributed by atoms with Crippen LogP contribution in [-0.4, -0.2) is 13.4 Å². The molecular formula is C17H15NO2S. The maximum atomic E-state index is 12.8. The summed E-state index contributed by atoms with van der Waals surface area (Å²) in [5.74, 6) is 0. The van der Waals surface area contributed by atoms with Crippen molar-refractivity contribution in [3.63, 3.8) is 0 Å². The predicted octanol–water partition coefficient (Wildman–Crippen LogP) is 3.82. The number of aromatic nitrogens is 1.